The Morgan fingerprint density at radius 2 is 1.18 bits per heavy atom. The lowest BCUT2D eigenvalue weighted by Gasteiger charge is -2.03. The van der Waals surface area contributed by atoms with E-state index in [-0.39, 0.29) is 0 Å². The lowest BCUT2D eigenvalue weighted by Crippen LogP contribution is -1.83. The summed E-state index contributed by atoms with van der Waals surface area (Å²) in [5.74, 6) is 0. The fourth-order valence-corrected chi connectivity index (χ4v) is 1.73. The number of rotatable bonds is 2. The molecule has 0 heterocycles. The summed E-state index contributed by atoms with van der Waals surface area (Å²) in [5.41, 5.74) is 7.40. The van der Waals surface area contributed by atoms with Gasteiger partial charge >= 0.3 is 0 Å². The molecule has 118 valence electrons. The van der Waals surface area contributed by atoms with E-state index in [0.717, 1.165) is 11.1 Å². The minimum absolute atomic E-state index is 1.12. The van der Waals surface area contributed by atoms with Crippen molar-refractivity contribution in [2.24, 2.45) is 0 Å². The smallest absolute Gasteiger partial charge is 0.0230 e. The summed E-state index contributed by atoms with van der Waals surface area (Å²) in [5, 5.41) is 0. The summed E-state index contributed by atoms with van der Waals surface area (Å²) in [7, 11) is 0. The van der Waals surface area contributed by atoms with E-state index in [2.05, 4.69) is 57.3 Å². The van der Waals surface area contributed by atoms with Gasteiger partial charge in [0.15, 0.2) is 0 Å². The maximum Gasteiger partial charge on any atom is -0.0230 e. The van der Waals surface area contributed by atoms with Gasteiger partial charge in [-0.25, -0.2) is 0 Å². The van der Waals surface area contributed by atoms with Crippen molar-refractivity contribution in [1.82, 2.24) is 0 Å². The molecule has 0 spiro atoms. The van der Waals surface area contributed by atoms with Gasteiger partial charge in [-0.05, 0) is 49.9 Å². The molecule has 0 nitrogen and oxygen atoms in total. The van der Waals surface area contributed by atoms with E-state index in [1.54, 1.807) is 0 Å². The average molecular weight is 294 g/mol. The predicted octanol–water partition coefficient (Wildman–Crippen LogP) is 7.08. The van der Waals surface area contributed by atoms with Crippen LogP contribution in [0.25, 0.3) is 11.1 Å². The topological polar surface area (TPSA) is 0 Å². The van der Waals surface area contributed by atoms with Crippen molar-refractivity contribution in [3.63, 3.8) is 0 Å². The molecule has 0 aliphatic carbocycles. The van der Waals surface area contributed by atoms with Crippen LogP contribution < -0.4 is 0 Å². The maximum absolute atomic E-state index is 3.90. The maximum atomic E-state index is 3.90. The molecule has 0 amide bonds. The van der Waals surface area contributed by atoms with E-state index in [1.807, 2.05) is 45.9 Å². The van der Waals surface area contributed by atoms with Crippen LogP contribution in [0.2, 0.25) is 0 Å². The van der Waals surface area contributed by atoms with Gasteiger partial charge in [0, 0.05) is 0 Å². The molecule has 0 heteroatoms. The van der Waals surface area contributed by atoms with Crippen LogP contribution in [-0.4, -0.2) is 0 Å². The SMILES string of the molecule is C=C(C)c1ccc(C)c(C)c1.C=C(C)c1ccccc1.CC. The molecular weight excluding hydrogens is 264 g/mol. The third kappa shape index (κ3) is 7.08. The molecule has 0 aliphatic heterocycles. The first-order valence-corrected chi connectivity index (χ1v) is 7.86. The van der Waals surface area contributed by atoms with Crippen molar-refractivity contribution in [2.45, 2.75) is 41.5 Å². The zero-order valence-electron chi connectivity index (χ0n) is 15.0. The summed E-state index contributed by atoms with van der Waals surface area (Å²) in [4.78, 5) is 0. The molecule has 22 heavy (non-hydrogen) atoms. The van der Waals surface area contributed by atoms with Gasteiger partial charge in [-0.2, -0.15) is 0 Å². The van der Waals surface area contributed by atoms with E-state index in [4.69, 9.17) is 0 Å². The van der Waals surface area contributed by atoms with Gasteiger partial charge < -0.3 is 0 Å². The Morgan fingerprint density at radius 1 is 0.682 bits per heavy atom. The second kappa shape index (κ2) is 10.6. The van der Waals surface area contributed by atoms with Crippen molar-refractivity contribution in [3.05, 3.63) is 83.9 Å². The fraction of sp³-hybridized carbons (Fsp3) is 0.273. The first-order chi connectivity index (χ1) is 10.4. The lowest BCUT2D eigenvalue weighted by atomic mass is 10.0. The van der Waals surface area contributed by atoms with Crippen LogP contribution in [0, 0.1) is 13.8 Å². The van der Waals surface area contributed by atoms with Gasteiger partial charge in [-0.3, -0.25) is 0 Å². The third-order valence-corrected chi connectivity index (χ3v) is 3.27. The quantitative estimate of drug-likeness (QED) is 0.555. The molecule has 0 unspecified atom stereocenters. The lowest BCUT2D eigenvalue weighted by molar-refractivity contribution is 1.33. The van der Waals surface area contributed by atoms with Crippen molar-refractivity contribution in [3.8, 4) is 0 Å². The van der Waals surface area contributed by atoms with Crippen LogP contribution in [0.15, 0.2) is 61.7 Å². The van der Waals surface area contributed by atoms with Crippen molar-refractivity contribution < 1.29 is 0 Å². The third-order valence-electron chi connectivity index (χ3n) is 3.27. The summed E-state index contributed by atoms with van der Waals surface area (Å²) < 4.78 is 0. The molecule has 0 aliphatic rings. The standard InChI is InChI=1S/C11H14.C9H10.C2H6/c1-8(2)11-6-5-9(3)10(4)7-11;1-8(2)9-6-4-3-5-7-9;1-2/h5-7H,1H2,2-4H3;3-7H,1H2,2H3;1-2H3. The van der Waals surface area contributed by atoms with E-state index in [1.165, 1.54) is 22.3 Å². The fourth-order valence-electron chi connectivity index (χ4n) is 1.73. The Labute approximate surface area is 137 Å². The summed E-state index contributed by atoms with van der Waals surface area (Å²) in [6, 6.07) is 16.6. The van der Waals surface area contributed by atoms with Crippen molar-refractivity contribution in [1.29, 1.82) is 0 Å². The highest BCUT2D eigenvalue weighted by Gasteiger charge is 1.95. The van der Waals surface area contributed by atoms with Crippen LogP contribution in [-0.2, 0) is 0 Å². The highest BCUT2D eigenvalue weighted by Crippen LogP contribution is 2.15. The molecule has 0 N–H and O–H groups in total. The molecule has 2 rings (SSSR count). The molecule has 0 radical (unpaired) electrons. The molecule has 0 fully saturated rings. The van der Waals surface area contributed by atoms with E-state index in [9.17, 15) is 0 Å². The van der Waals surface area contributed by atoms with Crippen LogP contribution in [0.4, 0.5) is 0 Å². The van der Waals surface area contributed by atoms with Crippen LogP contribution in [0.1, 0.15) is 49.9 Å². The van der Waals surface area contributed by atoms with Gasteiger partial charge in [-0.1, -0.05) is 86.7 Å². The largest absolute Gasteiger partial charge is 0.0955 e. The Balaban J connectivity index is 0.000000366. The van der Waals surface area contributed by atoms with Crippen LogP contribution in [0.3, 0.4) is 0 Å². The monoisotopic (exact) mass is 294 g/mol. The Hall–Kier alpha value is -2.08. The van der Waals surface area contributed by atoms with Gasteiger partial charge in [0.1, 0.15) is 0 Å². The van der Waals surface area contributed by atoms with Crippen LogP contribution >= 0.6 is 0 Å². The number of benzene rings is 2. The molecular formula is C22H30. The number of aryl methyl sites for hydroxylation is 2. The molecule has 0 aromatic heterocycles. The minimum atomic E-state index is 1.12. The van der Waals surface area contributed by atoms with Crippen LogP contribution in [0.5, 0.6) is 0 Å². The number of allylic oxidation sites excluding steroid dienone is 2. The summed E-state index contributed by atoms with van der Waals surface area (Å²) in [6.45, 7) is 20.0. The Kier molecular flexibility index (Phi) is 9.61. The second-order valence-corrected chi connectivity index (χ2v) is 5.23. The Bertz CT molecular complexity index is 589. The van der Waals surface area contributed by atoms with E-state index < -0.39 is 0 Å². The highest BCUT2D eigenvalue weighted by atomic mass is 14.0. The second-order valence-electron chi connectivity index (χ2n) is 5.23. The number of hydrogen-bond donors (Lipinski definition) is 0. The predicted molar refractivity (Wildman–Crippen MR) is 103 cm³/mol. The van der Waals surface area contributed by atoms with E-state index >= 15 is 0 Å². The normalized spacial score (nSPS) is 8.82. The first-order valence-electron chi connectivity index (χ1n) is 7.86. The average Bonchev–Trinajstić information content (AvgIpc) is 2.53. The minimum Gasteiger partial charge on any atom is -0.0955 e. The molecule has 0 atom stereocenters. The van der Waals surface area contributed by atoms with Crippen molar-refractivity contribution >= 4 is 11.1 Å². The summed E-state index contributed by atoms with van der Waals surface area (Å²) >= 11 is 0. The molecule has 2 aromatic rings. The molecule has 0 saturated heterocycles. The zero-order chi connectivity index (χ0) is 17.1. The van der Waals surface area contributed by atoms with Gasteiger partial charge in [0.25, 0.3) is 0 Å². The summed E-state index contributed by atoms with van der Waals surface area (Å²) in [6.07, 6.45) is 0. The molecule has 0 saturated carbocycles. The van der Waals surface area contributed by atoms with E-state index in [0.29, 0.717) is 0 Å². The van der Waals surface area contributed by atoms with Gasteiger partial charge in [0.05, 0.1) is 0 Å². The van der Waals surface area contributed by atoms with Gasteiger partial charge in [0.2, 0.25) is 0 Å². The molecule has 0 bridgehead atoms. The van der Waals surface area contributed by atoms with Gasteiger partial charge in [-0.15, -0.1) is 0 Å². The van der Waals surface area contributed by atoms with Crippen molar-refractivity contribution in [2.75, 3.05) is 0 Å². The molecule has 2 aromatic carbocycles. The number of hydrogen-bond acceptors (Lipinski definition) is 0. The first kappa shape index (κ1) is 19.9. The zero-order valence-corrected chi connectivity index (χ0v) is 15.0. The Morgan fingerprint density at radius 3 is 1.55 bits per heavy atom. The highest BCUT2D eigenvalue weighted by molar-refractivity contribution is 5.62.